The fraction of sp³-hybridized carbons (Fsp3) is 0.387. The minimum Gasteiger partial charge on any atom is -0.383 e. The highest BCUT2D eigenvalue weighted by molar-refractivity contribution is 7.89. The smallest absolute Gasteiger partial charge is 0.323 e. The van der Waals surface area contributed by atoms with Crippen molar-refractivity contribution in [2.45, 2.75) is 24.4 Å². The maximum absolute atomic E-state index is 13.4. The van der Waals surface area contributed by atoms with Crippen molar-refractivity contribution in [2.75, 3.05) is 66.5 Å². The minimum atomic E-state index is -3.86. The zero-order valence-electron chi connectivity index (χ0n) is 25.9. The summed E-state index contributed by atoms with van der Waals surface area (Å²) in [6, 6.07) is 15.1. The lowest BCUT2D eigenvalue weighted by Crippen LogP contribution is -2.39. The number of hydrogen-bond donors (Lipinski definition) is 2. The van der Waals surface area contributed by atoms with Gasteiger partial charge in [0.05, 0.1) is 23.7 Å². The molecular formula is C31H39N5O7S2. The highest BCUT2D eigenvalue weighted by Gasteiger charge is 2.30. The van der Waals surface area contributed by atoms with Crippen molar-refractivity contribution in [1.29, 1.82) is 0 Å². The molecule has 0 spiro atoms. The van der Waals surface area contributed by atoms with Crippen LogP contribution in [0.5, 0.6) is 0 Å². The Balaban J connectivity index is 1.57. The van der Waals surface area contributed by atoms with Gasteiger partial charge in [0.1, 0.15) is 5.00 Å². The Morgan fingerprint density at radius 1 is 0.933 bits per heavy atom. The van der Waals surface area contributed by atoms with Gasteiger partial charge in [0.15, 0.2) is 0 Å². The molecule has 14 heteroatoms. The molecule has 1 aliphatic rings. The second-order valence-electron chi connectivity index (χ2n) is 10.7. The van der Waals surface area contributed by atoms with E-state index in [4.69, 9.17) is 9.47 Å². The van der Waals surface area contributed by atoms with Gasteiger partial charge < -0.3 is 19.7 Å². The number of nitrogens with zero attached hydrogens (tertiary/aromatic N) is 3. The van der Waals surface area contributed by atoms with Gasteiger partial charge in [-0.05, 0) is 41.8 Å². The van der Waals surface area contributed by atoms with Gasteiger partial charge in [-0.1, -0.05) is 30.3 Å². The Bertz CT molecular complexity index is 1580. The summed E-state index contributed by atoms with van der Waals surface area (Å²) in [4.78, 5) is 43.6. The number of methoxy groups -OCH3 is 2. The van der Waals surface area contributed by atoms with Crippen LogP contribution >= 0.6 is 11.3 Å². The van der Waals surface area contributed by atoms with Gasteiger partial charge in [-0.3, -0.25) is 19.8 Å². The summed E-state index contributed by atoms with van der Waals surface area (Å²) in [5.41, 5.74) is 2.45. The van der Waals surface area contributed by atoms with Gasteiger partial charge in [0.2, 0.25) is 10.0 Å². The van der Waals surface area contributed by atoms with E-state index in [9.17, 15) is 22.8 Å². The molecular weight excluding hydrogens is 619 g/mol. The molecule has 2 aromatic carbocycles. The Hall–Kier alpha value is -3.66. The zero-order valence-corrected chi connectivity index (χ0v) is 27.5. The third-order valence-electron chi connectivity index (χ3n) is 7.31. The highest BCUT2D eigenvalue weighted by atomic mass is 32.2. The molecule has 3 aromatic rings. The number of amides is 4. The van der Waals surface area contributed by atoms with Crippen molar-refractivity contribution in [3.8, 4) is 0 Å². The summed E-state index contributed by atoms with van der Waals surface area (Å²) >= 11 is 1.30. The number of hydrogen-bond acceptors (Lipinski definition) is 9. The fourth-order valence-corrected chi connectivity index (χ4v) is 7.56. The first-order valence-electron chi connectivity index (χ1n) is 14.4. The zero-order chi connectivity index (χ0) is 32.6. The number of fused-ring (bicyclic) bond motifs is 1. The lowest BCUT2D eigenvalue weighted by Gasteiger charge is -2.27. The molecule has 4 amide bonds. The number of benzene rings is 2. The van der Waals surface area contributed by atoms with E-state index in [1.54, 1.807) is 0 Å². The first-order valence-corrected chi connectivity index (χ1v) is 16.6. The standard InChI is InChI=1S/C31H39N5O7S2/c1-34(2)31(39)33-29(38)27-25-14-15-35(20-22-8-6-5-7-9-22)21-26(25)44-30(27)32-28(37)23-10-12-24(13-11-23)45(40,41)36(16-18-42-3)17-19-43-4/h5-13H,14-21H2,1-4H3,(H,32,37)(H,33,38,39). The van der Waals surface area contributed by atoms with Crippen molar-refractivity contribution >= 4 is 44.2 Å². The van der Waals surface area contributed by atoms with Gasteiger partial charge in [0.25, 0.3) is 11.8 Å². The molecule has 0 saturated heterocycles. The van der Waals surface area contributed by atoms with Crippen LogP contribution < -0.4 is 10.6 Å². The average Bonchev–Trinajstić information content (AvgIpc) is 3.38. The largest absolute Gasteiger partial charge is 0.383 e. The monoisotopic (exact) mass is 657 g/mol. The van der Waals surface area contributed by atoms with E-state index in [1.807, 2.05) is 18.2 Å². The molecule has 0 aliphatic carbocycles. The molecule has 2 heterocycles. The number of imide groups is 1. The number of carbonyl (C=O) groups excluding carboxylic acids is 3. The van der Waals surface area contributed by atoms with E-state index in [-0.39, 0.29) is 42.3 Å². The molecule has 242 valence electrons. The predicted octanol–water partition coefficient (Wildman–Crippen LogP) is 3.25. The van der Waals surface area contributed by atoms with Crippen molar-refractivity contribution in [3.05, 3.63) is 81.7 Å². The van der Waals surface area contributed by atoms with Gasteiger partial charge in [0, 0.05) is 71.5 Å². The van der Waals surface area contributed by atoms with Crippen molar-refractivity contribution in [2.24, 2.45) is 0 Å². The Kier molecular flexibility index (Phi) is 11.8. The number of thiophene rings is 1. The van der Waals surface area contributed by atoms with Crippen molar-refractivity contribution in [1.82, 2.24) is 19.4 Å². The lowest BCUT2D eigenvalue weighted by molar-refractivity contribution is 0.0956. The third kappa shape index (κ3) is 8.54. The molecule has 1 aliphatic heterocycles. The van der Waals surface area contributed by atoms with E-state index in [2.05, 4.69) is 27.7 Å². The highest BCUT2D eigenvalue weighted by Crippen LogP contribution is 2.38. The first-order chi connectivity index (χ1) is 21.5. The van der Waals surface area contributed by atoms with E-state index >= 15 is 0 Å². The number of ether oxygens (including phenoxy) is 2. The summed E-state index contributed by atoms with van der Waals surface area (Å²) in [5, 5.41) is 5.58. The normalized spacial score (nSPS) is 13.4. The van der Waals surface area contributed by atoms with Crippen molar-refractivity contribution < 1.29 is 32.3 Å². The molecule has 0 unspecified atom stereocenters. The van der Waals surface area contributed by atoms with Crippen LogP contribution in [0, 0.1) is 0 Å². The Morgan fingerprint density at radius 3 is 2.18 bits per heavy atom. The van der Waals surface area contributed by atoms with E-state index in [0.717, 1.165) is 17.0 Å². The molecule has 0 atom stereocenters. The molecule has 0 radical (unpaired) electrons. The molecule has 1 aromatic heterocycles. The van der Waals surface area contributed by atoms with Crippen LogP contribution in [0.4, 0.5) is 9.80 Å². The van der Waals surface area contributed by atoms with Gasteiger partial charge >= 0.3 is 6.03 Å². The fourth-order valence-electron chi connectivity index (χ4n) is 4.87. The third-order valence-corrected chi connectivity index (χ3v) is 10.4. The summed E-state index contributed by atoms with van der Waals surface area (Å²) in [7, 11) is 2.20. The minimum absolute atomic E-state index is 0.0265. The quantitative estimate of drug-likeness (QED) is 0.286. The summed E-state index contributed by atoms with van der Waals surface area (Å²) < 4.78 is 37.9. The molecule has 0 fully saturated rings. The summed E-state index contributed by atoms with van der Waals surface area (Å²) in [5.74, 6) is -1.10. The maximum atomic E-state index is 13.4. The van der Waals surface area contributed by atoms with E-state index in [0.29, 0.717) is 24.5 Å². The van der Waals surface area contributed by atoms with Crippen LogP contribution in [0.2, 0.25) is 0 Å². The van der Waals surface area contributed by atoms with Gasteiger partial charge in [-0.2, -0.15) is 4.31 Å². The molecule has 0 saturated carbocycles. The van der Waals surface area contributed by atoms with Crippen LogP contribution in [-0.2, 0) is 39.0 Å². The number of rotatable bonds is 13. The molecule has 2 N–H and O–H groups in total. The van der Waals surface area contributed by atoms with E-state index < -0.39 is 27.9 Å². The second-order valence-corrected chi connectivity index (χ2v) is 13.7. The van der Waals surface area contributed by atoms with Crippen LogP contribution in [-0.4, -0.2) is 102 Å². The number of nitrogens with one attached hydrogen (secondary N) is 2. The van der Waals surface area contributed by atoms with Crippen LogP contribution in [0.15, 0.2) is 59.5 Å². The lowest BCUT2D eigenvalue weighted by atomic mass is 10.0. The predicted molar refractivity (Wildman–Crippen MR) is 172 cm³/mol. The SMILES string of the molecule is COCCN(CCOC)S(=O)(=O)c1ccc(C(=O)Nc2sc3c(c2C(=O)NC(=O)N(C)C)CCN(Cc2ccccc2)C3)cc1. The molecule has 4 rings (SSSR count). The maximum Gasteiger partial charge on any atom is 0.323 e. The summed E-state index contributed by atoms with van der Waals surface area (Å²) in [6.45, 7) is 2.76. The molecule has 45 heavy (non-hydrogen) atoms. The Morgan fingerprint density at radius 2 is 1.58 bits per heavy atom. The van der Waals surface area contributed by atoms with Crippen LogP contribution in [0.25, 0.3) is 0 Å². The average molecular weight is 658 g/mol. The van der Waals surface area contributed by atoms with Gasteiger partial charge in [-0.25, -0.2) is 13.2 Å². The number of urea groups is 1. The van der Waals surface area contributed by atoms with Crippen molar-refractivity contribution in [3.63, 3.8) is 0 Å². The van der Waals surface area contributed by atoms with Gasteiger partial charge in [-0.15, -0.1) is 11.3 Å². The first kappa shape index (κ1) is 34.2. The number of carbonyl (C=O) groups is 3. The van der Waals surface area contributed by atoms with Crippen LogP contribution in [0.1, 0.15) is 36.7 Å². The van der Waals surface area contributed by atoms with Crippen LogP contribution in [0.3, 0.4) is 0 Å². The topological polar surface area (TPSA) is 138 Å². The van der Waals surface area contributed by atoms with E-state index in [1.165, 1.54) is 78.7 Å². The number of sulfonamides is 1. The molecule has 0 bridgehead atoms. The number of anilines is 1. The summed E-state index contributed by atoms with van der Waals surface area (Å²) in [6.07, 6.45) is 0.572. The second kappa shape index (κ2) is 15.6. The Labute approximate surface area is 268 Å². The molecule has 12 nitrogen and oxygen atoms in total.